The van der Waals surface area contributed by atoms with E-state index in [4.69, 9.17) is 4.74 Å². The molecule has 0 radical (unpaired) electrons. The van der Waals surface area contributed by atoms with E-state index >= 15 is 0 Å². The molecule has 6 nitrogen and oxygen atoms in total. The third kappa shape index (κ3) is 5.00. The number of thioether (sulfide) groups is 1. The molecule has 1 amide bonds. The number of aromatic nitrogens is 2. The molecule has 30 heavy (non-hydrogen) atoms. The van der Waals surface area contributed by atoms with E-state index in [2.05, 4.69) is 51.6 Å². The van der Waals surface area contributed by atoms with Crippen molar-refractivity contribution in [2.24, 2.45) is 0 Å². The summed E-state index contributed by atoms with van der Waals surface area (Å²) in [7, 11) is 1.61. The number of amides is 1. The number of hydrogen-bond donors (Lipinski definition) is 1. The molecular weight excluding hydrogens is 416 g/mol. The number of nitrogens with one attached hydrogen (secondary N) is 1. The minimum absolute atomic E-state index is 0.242. The largest absolute Gasteiger partial charge is 0.497 e. The smallest absolute Gasteiger partial charge is 0.286 e. The molecule has 8 heteroatoms. The van der Waals surface area contributed by atoms with Crippen LogP contribution in [0.2, 0.25) is 0 Å². The van der Waals surface area contributed by atoms with Crippen molar-refractivity contribution in [3.63, 3.8) is 0 Å². The predicted octanol–water partition coefficient (Wildman–Crippen LogP) is 4.40. The lowest BCUT2D eigenvalue weighted by Crippen LogP contribution is -2.35. The van der Waals surface area contributed by atoms with Crippen LogP contribution in [0.4, 0.5) is 5.69 Å². The molecule has 1 aliphatic rings. The molecule has 1 atom stereocenters. The van der Waals surface area contributed by atoms with Gasteiger partial charge in [0.1, 0.15) is 10.8 Å². The van der Waals surface area contributed by atoms with Crippen molar-refractivity contribution < 1.29 is 9.53 Å². The Kier molecular flexibility index (Phi) is 6.66. The van der Waals surface area contributed by atoms with Gasteiger partial charge in [0.15, 0.2) is 0 Å². The standard InChI is InChI=1S/C22H24N4O2S2/c1-15-3-5-16(6-4-15)19-14-29-12-11-26(19)13-20-24-25-22(30-20)21(27)23-17-7-9-18(28-2)10-8-17/h3-10,19H,11-14H2,1-2H3,(H,23,27). The highest BCUT2D eigenvalue weighted by Crippen LogP contribution is 2.31. The lowest BCUT2D eigenvalue weighted by molar-refractivity contribution is 0.102. The number of rotatable bonds is 6. The molecule has 4 rings (SSSR count). The molecule has 1 unspecified atom stereocenters. The normalized spacial score (nSPS) is 16.9. The lowest BCUT2D eigenvalue weighted by Gasteiger charge is -2.35. The van der Waals surface area contributed by atoms with Crippen LogP contribution < -0.4 is 10.1 Å². The van der Waals surface area contributed by atoms with E-state index in [0.717, 1.165) is 28.8 Å². The highest BCUT2D eigenvalue weighted by atomic mass is 32.2. The third-order valence-corrected chi connectivity index (χ3v) is 6.98. The van der Waals surface area contributed by atoms with E-state index in [1.807, 2.05) is 11.8 Å². The second-order valence-corrected chi connectivity index (χ2v) is 9.37. The fourth-order valence-electron chi connectivity index (χ4n) is 3.36. The van der Waals surface area contributed by atoms with E-state index < -0.39 is 0 Å². The Morgan fingerprint density at radius 1 is 1.17 bits per heavy atom. The van der Waals surface area contributed by atoms with Crippen LogP contribution in [0.5, 0.6) is 5.75 Å². The van der Waals surface area contributed by atoms with E-state index in [-0.39, 0.29) is 5.91 Å². The maximum absolute atomic E-state index is 12.5. The van der Waals surface area contributed by atoms with Crippen LogP contribution in [0.1, 0.15) is 32.0 Å². The first kappa shape index (κ1) is 20.8. The summed E-state index contributed by atoms with van der Waals surface area (Å²) in [6, 6.07) is 16.3. The summed E-state index contributed by atoms with van der Waals surface area (Å²) in [5.74, 6) is 2.67. The summed E-state index contributed by atoms with van der Waals surface area (Å²) in [6.45, 7) is 3.81. The molecule has 156 valence electrons. The van der Waals surface area contributed by atoms with Crippen LogP contribution in [-0.2, 0) is 6.54 Å². The summed E-state index contributed by atoms with van der Waals surface area (Å²) in [5, 5.41) is 12.5. The van der Waals surface area contributed by atoms with Gasteiger partial charge in [-0.1, -0.05) is 41.2 Å². The average molecular weight is 441 g/mol. The minimum atomic E-state index is -0.242. The summed E-state index contributed by atoms with van der Waals surface area (Å²) in [4.78, 5) is 15.0. The summed E-state index contributed by atoms with van der Waals surface area (Å²) < 4.78 is 5.14. The SMILES string of the molecule is COc1ccc(NC(=O)c2nnc(CN3CCSCC3c3ccc(C)cc3)s2)cc1. The highest BCUT2D eigenvalue weighted by molar-refractivity contribution is 7.99. The van der Waals surface area contributed by atoms with Crippen LogP contribution in [0, 0.1) is 6.92 Å². The second kappa shape index (κ2) is 9.59. The molecule has 1 fully saturated rings. The van der Waals surface area contributed by atoms with Crippen molar-refractivity contribution in [2.45, 2.75) is 19.5 Å². The van der Waals surface area contributed by atoms with Gasteiger partial charge in [-0.05, 0) is 36.8 Å². The van der Waals surface area contributed by atoms with E-state index in [0.29, 0.717) is 23.3 Å². The van der Waals surface area contributed by atoms with Crippen molar-refractivity contribution >= 4 is 34.7 Å². The molecule has 2 aromatic carbocycles. The van der Waals surface area contributed by atoms with E-state index in [1.54, 1.807) is 31.4 Å². The van der Waals surface area contributed by atoms with Crippen molar-refractivity contribution in [3.05, 3.63) is 69.7 Å². The first-order chi connectivity index (χ1) is 14.6. The van der Waals surface area contributed by atoms with Crippen LogP contribution >= 0.6 is 23.1 Å². The molecule has 2 heterocycles. The molecule has 0 bridgehead atoms. The maximum atomic E-state index is 12.5. The number of methoxy groups -OCH3 is 1. The van der Waals surface area contributed by atoms with Gasteiger partial charge in [0.2, 0.25) is 5.01 Å². The van der Waals surface area contributed by atoms with Crippen LogP contribution in [0.15, 0.2) is 48.5 Å². The summed E-state index contributed by atoms with van der Waals surface area (Å²) in [5.41, 5.74) is 3.30. The Bertz CT molecular complexity index is 989. The molecule has 1 saturated heterocycles. The van der Waals surface area contributed by atoms with Gasteiger partial charge in [0, 0.05) is 29.8 Å². The number of nitrogens with zero attached hydrogens (tertiary/aromatic N) is 3. The van der Waals surface area contributed by atoms with Gasteiger partial charge >= 0.3 is 0 Å². The van der Waals surface area contributed by atoms with Gasteiger partial charge in [0.05, 0.1) is 13.7 Å². The average Bonchev–Trinajstić information content (AvgIpc) is 3.24. The van der Waals surface area contributed by atoms with Gasteiger partial charge in [-0.3, -0.25) is 9.69 Å². The van der Waals surface area contributed by atoms with Crippen molar-refractivity contribution in [2.75, 3.05) is 30.5 Å². The molecule has 0 aliphatic carbocycles. The number of carbonyl (C=O) groups is 1. The Labute approximate surface area is 184 Å². The Morgan fingerprint density at radius 2 is 1.93 bits per heavy atom. The second-order valence-electron chi connectivity index (χ2n) is 7.16. The first-order valence-corrected chi connectivity index (χ1v) is 11.8. The maximum Gasteiger partial charge on any atom is 0.286 e. The fourth-order valence-corrected chi connectivity index (χ4v) is 5.28. The van der Waals surface area contributed by atoms with Gasteiger partial charge < -0.3 is 10.1 Å². The minimum Gasteiger partial charge on any atom is -0.497 e. The number of aryl methyl sites for hydroxylation is 1. The summed E-state index contributed by atoms with van der Waals surface area (Å²) in [6.07, 6.45) is 0. The molecule has 1 aliphatic heterocycles. The lowest BCUT2D eigenvalue weighted by atomic mass is 10.0. The number of benzene rings is 2. The quantitative estimate of drug-likeness (QED) is 0.613. The van der Waals surface area contributed by atoms with Crippen LogP contribution in [-0.4, -0.2) is 46.2 Å². The molecule has 0 saturated carbocycles. The zero-order valence-corrected chi connectivity index (χ0v) is 18.6. The highest BCUT2D eigenvalue weighted by Gasteiger charge is 2.26. The van der Waals surface area contributed by atoms with Crippen LogP contribution in [0.25, 0.3) is 0 Å². The van der Waals surface area contributed by atoms with Crippen molar-refractivity contribution in [1.82, 2.24) is 15.1 Å². The number of ether oxygens (including phenoxy) is 1. The molecule has 3 aromatic rings. The zero-order valence-electron chi connectivity index (χ0n) is 17.0. The van der Waals surface area contributed by atoms with E-state index in [9.17, 15) is 4.79 Å². The monoisotopic (exact) mass is 440 g/mol. The first-order valence-electron chi connectivity index (χ1n) is 9.78. The van der Waals surface area contributed by atoms with Gasteiger partial charge in [-0.15, -0.1) is 10.2 Å². The number of anilines is 1. The van der Waals surface area contributed by atoms with E-state index in [1.165, 1.54) is 22.5 Å². The third-order valence-electron chi connectivity index (χ3n) is 5.05. The molecule has 1 N–H and O–H groups in total. The van der Waals surface area contributed by atoms with Gasteiger partial charge in [0.25, 0.3) is 5.91 Å². The Hall–Kier alpha value is -2.42. The van der Waals surface area contributed by atoms with Crippen LogP contribution in [0.3, 0.4) is 0 Å². The van der Waals surface area contributed by atoms with Crippen molar-refractivity contribution in [3.8, 4) is 5.75 Å². The van der Waals surface area contributed by atoms with Crippen molar-refractivity contribution in [1.29, 1.82) is 0 Å². The van der Waals surface area contributed by atoms with Gasteiger partial charge in [-0.25, -0.2) is 0 Å². The fraction of sp³-hybridized carbons (Fsp3) is 0.318. The number of hydrogen-bond acceptors (Lipinski definition) is 7. The van der Waals surface area contributed by atoms with Gasteiger partial charge in [-0.2, -0.15) is 11.8 Å². The topological polar surface area (TPSA) is 67.3 Å². The molecule has 0 spiro atoms. The molecule has 1 aromatic heterocycles. The molecular formula is C22H24N4O2S2. The summed E-state index contributed by atoms with van der Waals surface area (Å²) >= 11 is 3.34. The zero-order chi connectivity index (χ0) is 20.9. The Morgan fingerprint density at radius 3 is 2.67 bits per heavy atom. The number of carbonyl (C=O) groups excluding carboxylic acids is 1. The predicted molar refractivity (Wildman–Crippen MR) is 123 cm³/mol. The Balaban J connectivity index is 1.42.